The van der Waals surface area contributed by atoms with Crippen LogP contribution in [0, 0.1) is 12.8 Å². The van der Waals surface area contributed by atoms with Gasteiger partial charge in [0.05, 0.1) is 17.7 Å². The van der Waals surface area contributed by atoms with Gasteiger partial charge in [-0.2, -0.15) is 0 Å². The number of para-hydroxylation sites is 2. The molecule has 0 saturated carbocycles. The zero-order valence-electron chi connectivity index (χ0n) is 15.3. The lowest BCUT2D eigenvalue weighted by Crippen LogP contribution is -2.35. The first-order valence-corrected chi connectivity index (χ1v) is 9.84. The molecule has 5 heteroatoms. The van der Waals surface area contributed by atoms with Crippen molar-refractivity contribution in [3.63, 3.8) is 0 Å². The Bertz CT molecular complexity index is 857. The maximum absolute atomic E-state index is 13.4. The van der Waals surface area contributed by atoms with Crippen molar-refractivity contribution < 1.29 is 13.2 Å². The van der Waals surface area contributed by atoms with Crippen molar-refractivity contribution in [1.29, 1.82) is 0 Å². The number of benzene rings is 2. The molecule has 0 fully saturated rings. The van der Waals surface area contributed by atoms with E-state index in [1.165, 1.54) is 11.4 Å². The number of hydrogen-bond acceptors (Lipinski definition) is 3. The van der Waals surface area contributed by atoms with Crippen LogP contribution in [0.2, 0.25) is 0 Å². The number of hydrogen-bond donors (Lipinski definition) is 0. The molecule has 0 aliphatic carbocycles. The van der Waals surface area contributed by atoms with Crippen LogP contribution in [0.5, 0.6) is 5.75 Å². The van der Waals surface area contributed by atoms with E-state index in [9.17, 15) is 8.42 Å². The lowest BCUT2D eigenvalue weighted by molar-refractivity contribution is 0.415. The van der Waals surface area contributed by atoms with Gasteiger partial charge >= 0.3 is 0 Å². The number of anilines is 1. The Morgan fingerprint density at radius 3 is 2.35 bits per heavy atom. The Hall–Kier alpha value is -2.53. The number of rotatable bonds is 9. The summed E-state index contributed by atoms with van der Waals surface area (Å²) in [6, 6.07) is 14.0. The van der Waals surface area contributed by atoms with E-state index in [1.54, 1.807) is 54.6 Å². The van der Waals surface area contributed by atoms with Crippen molar-refractivity contribution in [2.45, 2.75) is 18.2 Å². The topological polar surface area (TPSA) is 46.6 Å². The van der Waals surface area contributed by atoms with Gasteiger partial charge in [0.25, 0.3) is 10.0 Å². The molecule has 0 unspecified atom stereocenters. The van der Waals surface area contributed by atoms with Gasteiger partial charge in [-0.1, -0.05) is 42.0 Å². The van der Waals surface area contributed by atoms with Gasteiger partial charge in [0.15, 0.2) is 0 Å². The van der Waals surface area contributed by atoms with Gasteiger partial charge in [0.1, 0.15) is 5.75 Å². The van der Waals surface area contributed by atoms with Crippen LogP contribution in [0.4, 0.5) is 5.69 Å². The largest absolute Gasteiger partial charge is 0.495 e. The highest BCUT2D eigenvalue weighted by Gasteiger charge is 2.28. The monoisotopic (exact) mass is 371 g/mol. The number of sulfonamides is 1. The Morgan fingerprint density at radius 2 is 1.77 bits per heavy atom. The van der Waals surface area contributed by atoms with Crippen molar-refractivity contribution in [3.05, 3.63) is 79.4 Å². The van der Waals surface area contributed by atoms with Crippen molar-refractivity contribution in [1.82, 2.24) is 0 Å². The maximum Gasteiger partial charge on any atom is 0.264 e. The fraction of sp³-hybridized carbons (Fsp3) is 0.238. The van der Waals surface area contributed by atoms with Crippen LogP contribution in [-0.2, 0) is 10.0 Å². The summed E-state index contributed by atoms with van der Waals surface area (Å²) in [6.07, 6.45) is 4.17. The average molecular weight is 372 g/mol. The highest BCUT2D eigenvalue weighted by atomic mass is 32.2. The van der Waals surface area contributed by atoms with Crippen molar-refractivity contribution in [2.24, 2.45) is 5.92 Å². The summed E-state index contributed by atoms with van der Waals surface area (Å²) in [5.74, 6) is 0.447. The van der Waals surface area contributed by atoms with Crippen molar-refractivity contribution in [2.75, 3.05) is 18.0 Å². The van der Waals surface area contributed by atoms with Crippen molar-refractivity contribution >= 4 is 15.7 Å². The van der Waals surface area contributed by atoms with Crippen LogP contribution in [-0.4, -0.2) is 22.1 Å². The molecule has 0 saturated heterocycles. The summed E-state index contributed by atoms with van der Waals surface area (Å²) in [6.45, 7) is 9.77. The summed E-state index contributed by atoms with van der Waals surface area (Å²) in [5, 5.41) is 0. The molecule has 0 radical (unpaired) electrons. The third-order valence-corrected chi connectivity index (χ3v) is 5.96. The number of nitrogens with zero attached hydrogens (tertiary/aromatic N) is 1. The minimum Gasteiger partial charge on any atom is -0.495 e. The predicted molar refractivity (Wildman–Crippen MR) is 107 cm³/mol. The molecule has 0 aliphatic heterocycles. The normalized spacial score (nSPS) is 12.2. The highest BCUT2D eigenvalue weighted by molar-refractivity contribution is 7.92. The summed E-state index contributed by atoms with van der Waals surface area (Å²) < 4.78 is 33.6. The van der Waals surface area contributed by atoms with E-state index in [1.807, 2.05) is 13.0 Å². The van der Waals surface area contributed by atoms with Crippen LogP contribution in [0.3, 0.4) is 0 Å². The van der Waals surface area contributed by atoms with Gasteiger partial charge in [0.2, 0.25) is 0 Å². The second-order valence-corrected chi connectivity index (χ2v) is 7.90. The molecule has 0 spiro atoms. The van der Waals surface area contributed by atoms with Crippen LogP contribution in [0.25, 0.3) is 0 Å². The molecular weight excluding hydrogens is 346 g/mol. The lowest BCUT2D eigenvalue weighted by atomic mass is 10.1. The van der Waals surface area contributed by atoms with Gasteiger partial charge in [-0.3, -0.25) is 4.31 Å². The second-order valence-electron chi connectivity index (χ2n) is 6.04. The summed E-state index contributed by atoms with van der Waals surface area (Å²) >= 11 is 0. The zero-order valence-corrected chi connectivity index (χ0v) is 16.1. The van der Waals surface area contributed by atoms with Gasteiger partial charge in [-0.15, -0.1) is 13.2 Å². The molecular formula is C21H25NO3S. The molecule has 0 heterocycles. The first kappa shape index (κ1) is 19.8. The summed E-state index contributed by atoms with van der Waals surface area (Å²) in [5.41, 5.74) is 1.51. The van der Waals surface area contributed by atoms with Gasteiger partial charge < -0.3 is 4.74 Å². The fourth-order valence-corrected chi connectivity index (χ4v) is 4.20. The summed E-state index contributed by atoms with van der Waals surface area (Å²) in [4.78, 5) is 0.246. The average Bonchev–Trinajstić information content (AvgIpc) is 2.65. The molecule has 0 aliphatic rings. The van der Waals surface area contributed by atoms with Crippen LogP contribution in [0.15, 0.2) is 78.7 Å². The number of allylic oxidation sites excluding steroid dienone is 1. The molecule has 1 atom stereocenters. The minimum absolute atomic E-state index is 0.0577. The number of ether oxygens (including phenoxy) is 1. The Morgan fingerprint density at radius 1 is 1.12 bits per heavy atom. The third kappa shape index (κ3) is 4.35. The highest BCUT2D eigenvalue weighted by Crippen LogP contribution is 2.33. The molecule has 0 amide bonds. The number of methoxy groups -OCH3 is 1. The molecule has 0 N–H and O–H groups in total. The van der Waals surface area contributed by atoms with Crippen molar-refractivity contribution in [3.8, 4) is 5.75 Å². The van der Waals surface area contributed by atoms with E-state index in [0.717, 1.165) is 5.56 Å². The Labute approximate surface area is 156 Å². The molecule has 26 heavy (non-hydrogen) atoms. The summed E-state index contributed by atoms with van der Waals surface area (Å²) in [7, 11) is -2.22. The molecule has 0 aromatic heterocycles. The molecule has 2 aromatic rings. The Balaban J connectivity index is 2.57. The van der Waals surface area contributed by atoms with Crippen LogP contribution in [0.1, 0.15) is 12.0 Å². The minimum atomic E-state index is -3.76. The van der Waals surface area contributed by atoms with Gasteiger partial charge in [0, 0.05) is 6.54 Å². The van der Waals surface area contributed by atoms with Gasteiger partial charge in [-0.05, 0) is 43.5 Å². The first-order chi connectivity index (χ1) is 12.4. The van der Waals surface area contributed by atoms with E-state index in [2.05, 4.69) is 13.2 Å². The van der Waals surface area contributed by atoms with E-state index in [0.29, 0.717) is 17.9 Å². The third-order valence-electron chi connectivity index (χ3n) is 4.17. The quantitative estimate of drug-likeness (QED) is 0.606. The molecule has 4 nitrogen and oxygen atoms in total. The fourth-order valence-electron chi connectivity index (χ4n) is 2.67. The number of aryl methyl sites for hydroxylation is 1. The second kappa shape index (κ2) is 8.72. The van der Waals surface area contributed by atoms with E-state index >= 15 is 0 Å². The molecule has 2 rings (SSSR count). The lowest BCUT2D eigenvalue weighted by Gasteiger charge is -2.28. The molecule has 0 bridgehead atoms. The van der Waals surface area contributed by atoms with Crippen LogP contribution >= 0.6 is 0 Å². The van der Waals surface area contributed by atoms with Crippen LogP contribution < -0.4 is 9.04 Å². The predicted octanol–water partition coefficient (Wildman–Crippen LogP) is 4.58. The Kier molecular flexibility index (Phi) is 6.64. The van der Waals surface area contributed by atoms with E-state index in [4.69, 9.17) is 4.74 Å². The van der Waals surface area contributed by atoms with E-state index in [-0.39, 0.29) is 17.4 Å². The standard InChI is InChI=1S/C21H25NO3S/c1-5-9-18(6-2)16-22(20-10-7-8-11-21(20)25-4)26(23,24)19-14-12-17(3)13-15-19/h5-8,10-15,18H,1-2,9,16H2,3-4H3/t18-/m1/s1. The molecule has 138 valence electrons. The maximum atomic E-state index is 13.4. The molecule has 2 aromatic carbocycles. The first-order valence-electron chi connectivity index (χ1n) is 8.40. The van der Waals surface area contributed by atoms with E-state index < -0.39 is 10.0 Å². The SMILES string of the molecule is C=CC[C@@H](C=C)CN(c1ccccc1OC)S(=O)(=O)c1ccc(C)cc1. The zero-order chi connectivity index (χ0) is 19.2. The van der Waals surface area contributed by atoms with Gasteiger partial charge in [-0.25, -0.2) is 8.42 Å². The smallest absolute Gasteiger partial charge is 0.264 e.